The fraction of sp³-hybridized carbons (Fsp3) is 0.182. The minimum Gasteiger partial charge on any atom is -0.386 e. The second-order valence-corrected chi connectivity index (χ2v) is 4.80. The number of benzene rings is 1. The maximum Gasteiger partial charge on any atom is 0.0986 e. The second kappa shape index (κ2) is 4.99. The quantitative estimate of drug-likeness (QED) is 0.946. The van der Waals surface area contributed by atoms with Crippen molar-refractivity contribution in [2.75, 3.05) is 0 Å². The predicted octanol–water partition coefficient (Wildman–Crippen LogP) is 3.03. The van der Waals surface area contributed by atoms with Crippen molar-refractivity contribution in [3.05, 3.63) is 51.7 Å². The topological polar surface area (TPSA) is 38.0 Å². The molecule has 0 radical (unpaired) electrons. The van der Waals surface area contributed by atoms with Crippen LogP contribution < -0.4 is 0 Å². The van der Waals surface area contributed by atoms with E-state index in [0.717, 1.165) is 10.0 Å². The Labute approximate surface area is 107 Å². The molecule has 0 amide bonds. The minimum absolute atomic E-state index is 0.392. The summed E-state index contributed by atoms with van der Waals surface area (Å²) in [6.07, 6.45) is 2.64. The summed E-state index contributed by atoms with van der Waals surface area (Å²) in [4.78, 5) is 0. The van der Waals surface area contributed by atoms with Gasteiger partial charge in [0, 0.05) is 10.7 Å². The van der Waals surface area contributed by atoms with Crippen molar-refractivity contribution in [2.24, 2.45) is 0 Å². The molecule has 1 heterocycles. The summed E-state index contributed by atoms with van der Waals surface area (Å²) in [7, 11) is 0. The van der Waals surface area contributed by atoms with Gasteiger partial charge in [0.25, 0.3) is 0 Å². The lowest BCUT2D eigenvalue weighted by Crippen LogP contribution is -2.08. The van der Waals surface area contributed by atoms with Crippen LogP contribution >= 0.6 is 27.5 Å². The van der Waals surface area contributed by atoms with Gasteiger partial charge in [-0.05, 0) is 17.7 Å². The number of halogens is 2. The van der Waals surface area contributed by atoms with Crippen LogP contribution in [0.25, 0.3) is 0 Å². The Kier molecular flexibility index (Phi) is 3.63. The highest BCUT2D eigenvalue weighted by molar-refractivity contribution is 9.10. The molecule has 0 aliphatic heterocycles. The van der Waals surface area contributed by atoms with Crippen LogP contribution in [0, 0.1) is 0 Å². The zero-order chi connectivity index (χ0) is 11.5. The first-order chi connectivity index (χ1) is 7.65. The first kappa shape index (κ1) is 11.6. The summed E-state index contributed by atoms with van der Waals surface area (Å²) in [5.41, 5.74) is 0.848. The van der Waals surface area contributed by atoms with Crippen LogP contribution in [-0.2, 0) is 6.54 Å². The number of nitrogens with zero attached hydrogens (tertiary/aromatic N) is 2. The lowest BCUT2D eigenvalue weighted by Gasteiger charge is -2.11. The Balaban J connectivity index is 2.11. The van der Waals surface area contributed by atoms with E-state index < -0.39 is 6.10 Å². The molecule has 0 aliphatic rings. The second-order valence-electron chi connectivity index (χ2n) is 3.45. The van der Waals surface area contributed by atoms with Gasteiger partial charge >= 0.3 is 0 Å². The molecule has 2 rings (SSSR count). The molecule has 0 saturated heterocycles. The maximum absolute atomic E-state index is 9.98. The molecule has 1 aromatic carbocycles. The number of hydrogen-bond donors (Lipinski definition) is 1. The molecule has 0 bridgehead atoms. The Morgan fingerprint density at radius 1 is 1.50 bits per heavy atom. The third-order valence-electron chi connectivity index (χ3n) is 2.20. The third-order valence-corrected chi connectivity index (χ3v) is 2.88. The lowest BCUT2D eigenvalue weighted by atomic mass is 10.1. The average molecular weight is 302 g/mol. The van der Waals surface area contributed by atoms with Crippen molar-refractivity contribution in [2.45, 2.75) is 12.6 Å². The standard InChI is InChI=1S/C11H10BrClN2O/c12-9-3-1-2-8(4-9)11(16)7-15-6-10(13)5-14-15/h1-6,11,16H,7H2. The van der Waals surface area contributed by atoms with Gasteiger partial charge in [0.15, 0.2) is 0 Å². The molecule has 1 aromatic heterocycles. The normalized spacial score (nSPS) is 12.7. The van der Waals surface area contributed by atoms with E-state index in [4.69, 9.17) is 11.6 Å². The van der Waals surface area contributed by atoms with Crippen molar-refractivity contribution in [3.8, 4) is 0 Å². The van der Waals surface area contributed by atoms with Gasteiger partial charge in [-0.3, -0.25) is 4.68 Å². The minimum atomic E-state index is -0.589. The number of hydrogen-bond acceptors (Lipinski definition) is 2. The first-order valence-corrected chi connectivity index (χ1v) is 5.94. The predicted molar refractivity (Wildman–Crippen MR) is 66.3 cm³/mol. The molecule has 1 atom stereocenters. The molecular formula is C11H10BrClN2O. The number of aromatic nitrogens is 2. The summed E-state index contributed by atoms with van der Waals surface area (Å²) in [5.74, 6) is 0. The summed E-state index contributed by atoms with van der Waals surface area (Å²) >= 11 is 9.11. The number of aliphatic hydroxyl groups excluding tert-OH is 1. The van der Waals surface area contributed by atoms with E-state index >= 15 is 0 Å². The van der Waals surface area contributed by atoms with Crippen LogP contribution in [0.4, 0.5) is 0 Å². The van der Waals surface area contributed by atoms with Crippen LogP contribution in [-0.4, -0.2) is 14.9 Å². The molecular weight excluding hydrogens is 291 g/mol. The molecule has 2 aromatic rings. The van der Waals surface area contributed by atoms with Gasteiger partial charge < -0.3 is 5.11 Å². The Hall–Kier alpha value is -0.840. The maximum atomic E-state index is 9.98. The highest BCUT2D eigenvalue weighted by atomic mass is 79.9. The largest absolute Gasteiger partial charge is 0.386 e. The average Bonchev–Trinajstić information content (AvgIpc) is 2.64. The highest BCUT2D eigenvalue weighted by Crippen LogP contribution is 2.19. The summed E-state index contributed by atoms with van der Waals surface area (Å²) in [6, 6.07) is 7.57. The van der Waals surface area contributed by atoms with Gasteiger partial charge in [0.1, 0.15) is 0 Å². The Morgan fingerprint density at radius 2 is 2.31 bits per heavy atom. The van der Waals surface area contributed by atoms with Gasteiger partial charge in [0.2, 0.25) is 0 Å². The molecule has 0 fully saturated rings. The van der Waals surface area contributed by atoms with Crippen LogP contribution in [0.3, 0.4) is 0 Å². The molecule has 16 heavy (non-hydrogen) atoms. The Morgan fingerprint density at radius 3 is 2.94 bits per heavy atom. The molecule has 5 heteroatoms. The van der Waals surface area contributed by atoms with Crippen LogP contribution in [0.5, 0.6) is 0 Å². The molecule has 0 aliphatic carbocycles. The van der Waals surface area contributed by atoms with Crippen molar-refractivity contribution in [1.82, 2.24) is 9.78 Å². The smallest absolute Gasteiger partial charge is 0.0986 e. The summed E-state index contributed by atoms with van der Waals surface area (Å²) in [5, 5.41) is 14.6. The van der Waals surface area contributed by atoms with Crippen molar-refractivity contribution >= 4 is 27.5 Å². The number of rotatable bonds is 3. The van der Waals surface area contributed by atoms with Gasteiger partial charge in [-0.1, -0.05) is 39.7 Å². The highest BCUT2D eigenvalue weighted by Gasteiger charge is 2.09. The SMILES string of the molecule is OC(Cn1cc(Cl)cn1)c1cccc(Br)c1. The third kappa shape index (κ3) is 2.84. The van der Waals surface area contributed by atoms with Crippen LogP contribution in [0.2, 0.25) is 5.02 Å². The molecule has 84 valence electrons. The van der Waals surface area contributed by atoms with Crippen molar-refractivity contribution < 1.29 is 5.11 Å². The van der Waals surface area contributed by atoms with Gasteiger partial charge in [-0.2, -0.15) is 5.10 Å². The van der Waals surface area contributed by atoms with Crippen molar-refractivity contribution in [3.63, 3.8) is 0 Å². The zero-order valence-electron chi connectivity index (χ0n) is 8.35. The molecule has 1 N–H and O–H groups in total. The van der Waals surface area contributed by atoms with E-state index in [9.17, 15) is 5.11 Å². The molecule has 0 spiro atoms. The first-order valence-electron chi connectivity index (χ1n) is 4.76. The summed E-state index contributed by atoms with van der Waals surface area (Å²) in [6.45, 7) is 0.392. The van der Waals surface area contributed by atoms with Crippen molar-refractivity contribution in [1.29, 1.82) is 0 Å². The van der Waals surface area contributed by atoms with E-state index in [0.29, 0.717) is 11.6 Å². The van der Waals surface area contributed by atoms with Crippen LogP contribution in [0.1, 0.15) is 11.7 Å². The van der Waals surface area contributed by atoms with Gasteiger partial charge in [-0.25, -0.2) is 0 Å². The lowest BCUT2D eigenvalue weighted by molar-refractivity contribution is 0.151. The van der Waals surface area contributed by atoms with Gasteiger partial charge in [0.05, 0.1) is 23.9 Å². The zero-order valence-corrected chi connectivity index (χ0v) is 10.7. The van der Waals surface area contributed by atoms with E-state index in [1.54, 1.807) is 17.1 Å². The van der Waals surface area contributed by atoms with E-state index in [2.05, 4.69) is 21.0 Å². The van der Waals surface area contributed by atoms with Crippen LogP contribution in [0.15, 0.2) is 41.1 Å². The van der Waals surface area contributed by atoms with E-state index in [-0.39, 0.29) is 0 Å². The molecule has 0 saturated carbocycles. The fourth-order valence-corrected chi connectivity index (χ4v) is 2.01. The Bertz CT molecular complexity index is 486. The molecule has 3 nitrogen and oxygen atoms in total. The number of aliphatic hydroxyl groups is 1. The summed E-state index contributed by atoms with van der Waals surface area (Å²) < 4.78 is 2.57. The fourth-order valence-electron chi connectivity index (χ4n) is 1.43. The van der Waals surface area contributed by atoms with Gasteiger partial charge in [-0.15, -0.1) is 0 Å². The molecule has 1 unspecified atom stereocenters. The van der Waals surface area contributed by atoms with E-state index in [1.165, 1.54) is 0 Å². The van der Waals surface area contributed by atoms with E-state index in [1.807, 2.05) is 24.3 Å². The monoisotopic (exact) mass is 300 g/mol.